The van der Waals surface area contributed by atoms with Gasteiger partial charge in [0, 0.05) is 18.5 Å². The molecule has 0 saturated heterocycles. The van der Waals surface area contributed by atoms with Gasteiger partial charge in [-0.3, -0.25) is 9.89 Å². The van der Waals surface area contributed by atoms with E-state index in [0.29, 0.717) is 31.4 Å². The maximum atomic E-state index is 12.0. The molecule has 0 bridgehead atoms. The van der Waals surface area contributed by atoms with E-state index in [4.69, 9.17) is 4.74 Å². The second-order valence-electron chi connectivity index (χ2n) is 4.84. The van der Waals surface area contributed by atoms with Crippen LogP contribution in [0.15, 0.2) is 24.3 Å². The first kappa shape index (κ1) is 13.5. The van der Waals surface area contributed by atoms with Gasteiger partial charge in [-0.05, 0) is 12.0 Å². The van der Waals surface area contributed by atoms with E-state index in [1.807, 2.05) is 24.3 Å². The minimum Gasteiger partial charge on any atom is -0.379 e. The molecule has 0 aliphatic rings. The van der Waals surface area contributed by atoms with E-state index in [0.717, 1.165) is 10.9 Å². The van der Waals surface area contributed by atoms with Crippen LogP contribution in [-0.4, -0.2) is 35.9 Å². The molecule has 2 N–H and O–H groups in total. The summed E-state index contributed by atoms with van der Waals surface area (Å²) in [5.41, 5.74) is 1.29. The zero-order valence-electron chi connectivity index (χ0n) is 11.3. The molecule has 1 amide bonds. The van der Waals surface area contributed by atoms with E-state index in [-0.39, 0.29) is 5.91 Å². The Balaban J connectivity index is 1.86. The van der Waals surface area contributed by atoms with E-state index >= 15 is 0 Å². The molecule has 1 aromatic heterocycles. The van der Waals surface area contributed by atoms with Crippen LogP contribution < -0.4 is 5.32 Å². The SMILES string of the molecule is CC(C)COCCNC(=O)c1n[nH]c2ccccc12. The van der Waals surface area contributed by atoms with Crippen LogP contribution in [0.3, 0.4) is 0 Å². The summed E-state index contributed by atoms with van der Waals surface area (Å²) in [4.78, 5) is 12.0. The third-order valence-corrected chi connectivity index (χ3v) is 2.67. The summed E-state index contributed by atoms with van der Waals surface area (Å²) >= 11 is 0. The number of hydrogen-bond donors (Lipinski definition) is 2. The smallest absolute Gasteiger partial charge is 0.272 e. The normalized spacial score (nSPS) is 11.1. The van der Waals surface area contributed by atoms with Crippen molar-refractivity contribution in [1.29, 1.82) is 0 Å². The number of hydrogen-bond acceptors (Lipinski definition) is 3. The number of carbonyl (C=O) groups is 1. The molecule has 0 fully saturated rings. The molecule has 19 heavy (non-hydrogen) atoms. The Morgan fingerprint density at radius 2 is 2.21 bits per heavy atom. The molecular weight excluding hydrogens is 242 g/mol. The molecule has 5 nitrogen and oxygen atoms in total. The van der Waals surface area contributed by atoms with Crippen molar-refractivity contribution in [2.75, 3.05) is 19.8 Å². The average molecular weight is 261 g/mol. The van der Waals surface area contributed by atoms with Crippen molar-refractivity contribution < 1.29 is 9.53 Å². The fourth-order valence-corrected chi connectivity index (χ4v) is 1.78. The summed E-state index contributed by atoms with van der Waals surface area (Å²) in [7, 11) is 0. The predicted octanol–water partition coefficient (Wildman–Crippen LogP) is 1.97. The molecule has 0 saturated carbocycles. The zero-order chi connectivity index (χ0) is 13.7. The van der Waals surface area contributed by atoms with Crippen molar-refractivity contribution in [1.82, 2.24) is 15.5 Å². The van der Waals surface area contributed by atoms with Gasteiger partial charge in [0.25, 0.3) is 5.91 Å². The van der Waals surface area contributed by atoms with Gasteiger partial charge in [0.15, 0.2) is 5.69 Å². The molecule has 102 valence electrons. The molecule has 0 atom stereocenters. The molecule has 0 aliphatic carbocycles. The third-order valence-electron chi connectivity index (χ3n) is 2.67. The average Bonchev–Trinajstić information content (AvgIpc) is 2.81. The van der Waals surface area contributed by atoms with Crippen LogP contribution in [0.25, 0.3) is 10.9 Å². The first-order valence-corrected chi connectivity index (χ1v) is 6.47. The lowest BCUT2D eigenvalue weighted by atomic mass is 10.2. The molecular formula is C14H19N3O2. The topological polar surface area (TPSA) is 67.0 Å². The lowest BCUT2D eigenvalue weighted by molar-refractivity contribution is 0.0883. The minimum absolute atomic E-state index is 0.175. The monoisotopic (exact) mass is 261 g/mol. The maximum absolute atomic E-state index is 12.0. The van der Waals surface area contributed by atoms with Crippen LogP contribution in [0.5, 0.6) is 0 Å². The van der Waals surface area contributed by atoms with E-state index < -0.39 is 0 Å². The highest BCUT2D eigenvalue weighted by Crippen LogP contribution is 2.14. The van der Waals surface area contributed by atoms with Gasteiger partial charge in [0.05, 0.1) is 12.1 Å². The van der Waals surface area contributed by atoms with Crippen LogP contribution >= 0.6 is 0 Å². The van der Waals surface area contributed by atoms with Crippen molar-refractivity contribution in [3.63, 3.8) is 0 Å². The highest BCUT2D eigenvalue weighted by Gasteiger charge is 2.12. The standard InChI is InChI=1S/C14H19N3O2/c1-10(2)9-19-8-7-15-14(18)13-11-5-3-4-6-12(11)16-17-13/h3-6,10H,7-9H2,1-2H3,(H,15,18)(H,16,17). The zero-order valence-corrected chi connectivity index (χ0v) is 11.3. The van der Waals surface area contributed by atoms with Crippen LogP contribution in [0.1, 0.15) is 24.3 Å². The Hall–Kier alpha value is -1.88. The number of fused-ring (bicyclic) bond motifs is 1. The summed E-state index contributed by atoms with van der Waals surface area (Å²) in [5.74, 6) is 0.330. The summed E-state index contributed by atoms with van der Waals surface area (Å²) in [6, 6.07) is 7.57. The summed E-state index contributed by atoms with van der Waals surface area (Å²) in [6.45, 7) is 5.91. The number of benzene rings is 1. The number of amides is 1. The lowest BCUT2D eigenvalue weighted by Gasteiger charge is -2.07. The second kappa shape index (κ2) is 6.33. The summed E-state index contributed by atoms with van der Waals surface area (Å²) < 4.78 is 5.41. The van der Waals surface area contributed by atoms with Gasteiger partial charge in [-0.25, -0.2) is 0 Å². The first-order valence-electron chi connectivity index (χ1n) is 6.47. The minimum atomic E-state index is -0.175. The van der Waals surface area contributed by atoms with Gasteiger partial charge >= 0.3 is 0 Å². The summed E-state index contributed by atoms with van der Waals surface area (Å²) in [5, 5.41) is 10.5. The van der Waals surface area contributed by atoms with Crippen LogP contribution in [0, 0.1) is 5.92 Å². The second-order valence-corrected chi connectivity index (χ2v) is 4.84. The number of aromatic amines is 1. The van der Waals surface area contributed by atoms with Crippen LogP contribution in [0.2, 0.25) is 0 Å². The van der Waals surface area contributed by atoms with Gasteiger partial charge in [0.1, 0.15) is 0 Å². The molecule has 0 spiro atoms. The molecule has 0 aliphatic heterocycles. The Morgan fingerprint density at radius 1 is 1.42 bits per heavy atom. The molecule has 0 unspecified atom stereocenters. The molecule has 1 heterocycles. The molecule has 0 radical (unpaired) electrons. The largest absolute Gasteiger partial charge is 0.379 e. The number of nitrogens with zero attached hydrogens (tertiary/aromatic N) is 1. The Labute approximate surface area is 112 Å². The van der Waals surface area contributed by atoms with Crippen molar-refractivity contribution >= 4 is 16.8 Å². The van der Waals surface area contributed by atoms with E-state index in [2.05, 4.69) is 29.4 Å². The molecule has 2 rings (SSSR count). The van der Waals surface area contributed by atoms with Crippen LogP contribution in [0.4, 0.5) is 0 Å². The first-order chi connectivity index (χ1) is 9.18. The number of aromatic nitrogens is 2. The number of para-hydroxylation sites is 1. The maximum Gasteiger partial charge on any atom is 0.272 e. The van der Waals surface area contributed by atoms with Gasteiger partial charge in [-0.2, -0.15) is 5.10 Å². The number of H-pyrrole nitrogens is 1. The van der Waals surface area contributed by atoms with Gasteiger partial charge < -0.3 is 10.1 Å². The van der Waals surface area contributed by atoms with Crippen molar-refractivity contribution in [2.24, 2.45) is 5.92 Å². The van der Waals surface area contributed by atoms with Crippen molar-refractivity contribution in [2.45, 2.75) is 13.8 Å². The highest BCUT2D eigenvalue weighted by atomic mass is 16.5. The van der Waals surface area contributed by atoms with E-state index in [9.17, 15) is 4.79 Å². The Bertz CT molecular complexity index is 548. The molecule has 1 aromatic carbocycles. The van der Waals surface area contributed by atoms with Gasteiger partial charge in [0.2, 0.25) is 0 Å². The lowest BCUT2D eigenvalue weighted by Crippen LogP contribution is -2.28. The highest BCUT2D eigenvalue weighted by molar-refractivity contribution is 6.04. The quantitative estimate of drug-likeness (QED) is 0.781. The van der Waals surface area contributed by atoms with E-state index in [1.54, 1.807) is 0 Å². The number of rotatable bonds is 6. The number of ether oxygens (including phenoxy) is 1. The Morgan fingerprint density at radius 3 is 3.00 bits per heavy atom. The van der Waals surface area contributed by atoms with Crippen molar-refractivity contribution in [3.8, 4) is 0 Å². The fraction of sp³-hybridized carbons (Fsp3) is 0.429. The van der Waals surface area contributed by atoms with Crippen molar-refractivity contribution in [3.05, 3.63) is 30.0 Å². The number of carbonyl (C=O) groups excluding carboxylic acids is 1. The van der Waals surface area contributed by atoms with Crippen LogP contribution in [-0.2, 0) is 4.74 Å². The number of nitrogens with one attached hydrogen (secondary N) is 2. The Kier molecular flexibility index (Phi) is 4.52. The van der Waals surface area contributed by atoms with Gasteiger partial charge in [-0.1, -0.05) is 32.0 Å². The summed E-state index contributed by atoms with van der Waals surface area (Å²) in [6.07, 6.45) is 0. The fourth-order valence-electron chi connectivity index (χ4n) is 1.78. The predicted molar refractivity (Wildman–Crippen MR) is 74.1 cm³/mol. The van der Waals surface area contributed by atoms with E-state index in [1.165, 1.54) is 0 Å². The molecule has 2 aromatic rings. The van der Waals surface area contributed by atoms with Gasteiger partial charge in [-0.15, -0.1) is 0 Å². The molecule has 5 heteroatoms. The third kappa shape index (κ3) is 3.54.